The Hall–Kier alpha value is -2.34. The molecule has 0 atom stereocenters. The van der Waals surface area contributed by atoms with Crippen molar-refractivity contribution in [3.63, 3.8) is 0 Å². The molecule has 1 aromatic carbocycles. The molecule has 1 heterocycles. The first-order chi connectivity index (χ1) is 11.4. The molecule has 0 saturated heterocycles. The number of hydrogen-bond acceptors (Lipinski definition) is 4. The number of likely N-dealkylation sites (N-methyl/N-ethyl adjacent to an activating group) is 1. The van der Waals surface area contributed by atoms with Gasteiger partial charge in [-0.25, -0.2) is 4.98 Å². The summed E-state index contributed by atoms with van der Waals surface area (Å²) in [6.07, 6.45) is 1.35. The van der Waals surface area contributed by atoms with Crippen molar-refractivity contribution in [1.29, 1.82) is 0 Å². The van der Waals surface area contributed by atoms with Crippen LogP contribution in [-0.4, -0.2) is 39.5 Å². The number of amides is 1. The van der Waals surface area contributed by atoms with Gasteiger partial charge in [-0.15, -0.1) is 0 Å². The van der Waals surface area contributed by atoms with E-state index >= 15 is 0 Å². The van der Waals surface area contributed by atoms with E-state index in [1.165, 1.54) is 6.92 Å². The van der Waals surface area contributed by atoms with Crippen molar-refractivity contribution in [2.75, 3.05) is 13.6 Å². The smallest absolute Gasteiger partial charge is 0.257 e. The molecule has 128 valence electrons. The highest BCUT2D eigenvalue weighted by molar-refractivity contribution is 6.30. The van der Waals surface area contributed by atoms with Crippen molar-refractivity contribution in [2.24, 2.45) is 0 Å². The van der Waals surface area contributed by atoms with Crippen LogP contribution in [0.2, 0.25) is 5.02 Å². The van der Waals surface area contributed by atoms with Crippen molar-refractivity contribution in [3.05, 3.63) is 56.6 Å². The molecule has 0 unspecified atom stereocenters. The van der Waals surface area contributed by atoms with Crippen LogP contribution in [0.4, 0.5) is 0 Å². The second-order valence-electron chi connectivity index (χ2n) is 5.66. The first-order valence-electron chi connectivity index (χ1n) is 7.64. The molecule has 0 aliphatic rings. The highest BCUT2D eigenvalue weighted by Crippen LogP contribution is 2.13. The zero-order chi connectivity index (χ0) is 17.7. The lowest BCUT2D eigenvalue weighted by molar-refractivity contribution is -0.129. The fourth-order valence-electron chi connectivity index (χ4n) is 2.22. The van der Waals surface area contributed by atoms with E-state index in [9.17, 15) is 14.7 Å². The Balaban J connectivity index is 1.86. The maximum Gasteiger partial charge on any atom is 0.257 e. The normalized spacial score (nSPS) is 10.6. The molecule has 2 N–H and O–H groups in total. The van der Waals surface area contributed by atoms with E-state index in [4.69, 9.17) is 11.6 Å². The number of aryl methyl sites for hydroxylation is 1. The number of nitrogens with zero attached hydrogens (tertiary/aromatic N) is 2. The molecule has 0 saturated carbocycles. The lowest BCUT2D eigenvalue weighted by Gasteiger charge is -2.17. The van der Waals surface area contributed by atoms with E-state index < -0.39 is 0 Å². The number of carbonyl (C=O) groups excluding carboxylic acids is 1. The maximum atomic E-state index is 12.2. The minimum atomic E-state index is -0.368. The van der Waals surface area contributed by atoms with Crippen LogP contribution >= 0.6 is 11.6 Å². The van der Waals surface area contributed by atoms with Crippen LogP contribution in [0.15, 0.2) is 29.1 Å². The van der Waals surface area contributed by atoms with Crippen molar-refractivity contribution in [1.82, 2.24) is 14.9 Å². The number of aromatic hydroxyl groups is 1. The third kappa shape index (κ3) is 4.83. The number of nitrogens with one attached hydrogen (secondary N) is 1. The SMILES string of the molecule is Cc1c(O)nc(CCN(C)C(=O)CCc2cccc(Cl)c2)[nH]c1=O. The van der Waals surface area contributed by atoms with Gasteiger partial charge < -0.3 is 15.0 Å². The highest BCUT2D eigenvalue weighted by atomic mass is 35.5. The van der Waals surface area contributed by atoms with E-state index in [0.717, 1.165) is 5.56 Å². The Kier molecular flexibility index (Phi) is 5.98. The molecule has 2 rings (SSSR count). The lowest BCUT2D eigenvalue weighted by atomic mass is 10.1. The molecule has 1 amide bonds. The minimum Gasteiger partial charge on any atom is -0.493 e. The van der Waals surface area contributed by atoms with Crippen LogP contribution < -0.4 is 5.56 Å². The quantitative estimate of drug-likeness (QED) is 0.835. The number of carbonyl (C=O) groups is 1. The number of H-pyrrole nitrogens is 1. The van der Waals surface area contributed by atoms with E-state index in [2.05, 4.69) is 9.97 Å². The third-order valence-electron chi connectivity index (χ3n) is 3.80. The maximum absolute atomic E-state index is 12.2. The predicted molar refractivity (Wildman–Crippen MR) is 92.4 cm³/mol. The van der Waals surface area contributed by atoms with Crippen molar-refractivity contribution in [2.45, 2.75) is 26.2 Å². The fraction of sp³-hybridized carbons (Fsp3) is 0.353. The van der Waals surface area contributed by atoms with Crippen molar-refractivity contribution in [3.8, 4) is 5.88 Å². The first-order valence-corrected chi connectivity index (χ1v) is 8.02. The standard InChI is InChI=1S/C17H20ClN3O3/c1-11-16(23)19-14(20-17(11)24)8-9-21(2)15(22)7-6-12-4-3-5-13(18)10-12/h3-5,10H,6-9H2,1-2H3,(H2,19,20,23,24). The zero-order valence-corrected chi connectivity index (χ0v) is 14.4. The van der Waals surface area contributed by atoms with Crippen LogP contribution in [0.3, 0.4) is 0 Å². The van der Waals surface area contributed by atoms with Gasteiger partial charge in [0.05, 0.1) is 5.56 Å². The van der Waals surface area contributed by atoms with Crippen molar-refractivity contribution >= 4 is 17.5 Å². The number of aromatic nitrogens is 2. The topological polar surface area (TPSA) is 86.3 Å². The van der Waals surface area contributed by atoms with Crippen LogP contribution in [0.5, 0.6) is 5.88 Å². The summed E-state index contributed by atoms with van der Waals surface area (Å²) in [7, 11) is 1.70. The number of rotatable bonds is 6. The largest absolute Gasteiger partial charge is 0.493 e. The summed E-state index contributed by atoms with van der Waals surface area (Å²) < 4.78 is 0. The molecule has 0 spiro atoms. The Bertz CT molecular complexity index is 789. The van der Waals surface area contributed by atoms with Crippen LogP contribution in [-0.2, 0) is 17.6 Å². The van der Waals surface area contributed by atoms with Gasteiger partial charge in [0.25, 0.3) is 5.56 Å². The van der Waals surface area contributed by atoms with E-state index in [-0.39, 0.29) is 22.9 Å². The van der Waals surface area contributed by atoms with Crippen LogP contribution in [0.25, 0.3) is 0 Å². The Morgan fingerprint density at radius 2 is 2.12 bits per heavy atom. The zero-order valence-electron chi connectivity index (χ0n) is 13.7. The summed E-state index contributed by atoms with van der Waals surface area (Å²) >= 11 is 5.93. The van der Waals surface area contributed by atoms with Gasteiger partial charge in [0.1, 0.15) is 5.82 Å². The monoisotopic (exact) mass is 349 g/mol. The third-order valence-corrected chi connectivity index (χ3v) is 4.04. The van der Waals surface area contributed by atoms with Gasteiger partial charge in [-0.3, -0.25) is 9.59 Å². The molecule has 0 radical (unpaired) electrons. The summed E-state index contributed by atoms with van der Waals surface area (Å²) in [5.74, 6) is 0.0786. The summed E-state index contributed by atoms with van der Waals surface area (Å²) in [4.78, 5) is 31.8. The second-order valence-corrected chi connectivity index (χ2v) is 6.09. The van der Waals surface area contributed by atoms with Gasteiger partial charge in [-0.2, -0.15) is 0 Å². The van der Waals surface area contributed by atoms with E-state index in [1.807, 2.05) is 18.2 Å². The highest BCUT2D eigenvalue weighted by Gasteiger charge is 2.11. The molecule has 7 heteroatoms. The minimum absolute atomic E-state index is 0.00587. The molecule has 0 bridgehead atoms. The number of halogens is 1. The lowest BCUT2D eigenvalue weighted by Crippen LogP contribution is -2.30. The summed E-state index contributed by atoms with van der Waals surface area (Å²) in [5.41, 5.74) is 0.829. The number of benzene rings is 1. The van der Waals surface area contributed by atoms with Crippen LogP contribution in [0, 0.1) is 6.92 Å². The van der Waals surface area contributed by atoms with Gasteiger partial charge in [0, 0.05) is 31.5 Å². The molecule has 6 nitrogen and oxygen atoms in total. The molecule has 2 aromatic rings. The molecular formula is C17H20ClN3O3. The average Bonchev–Trinajstić information content (AvgIpc) is 2.55. The second kappa shape index (κ2) is 7.97. The van der Waals surface area contributed by atoms with Crippen molar-refractivity contribution < 1.29 is 9.90 Å². The Labute approximate surface area is 145 Å². The van der Waals surface area contributed by atoms with Gasteiger partial charge in [0.15, 0.2) is 0 Å². The fourth-order valence-corrected chi connectivity index (χ4v) is 2.43. The first kappa shape index (κ1) is 18.0. The molecule has 0 aliphatic heterocycles. The average molecular weight is 350 g/mol. The molecule has 0 fully saturated rings. The Morgan fingerprint density at radius 1 is 1.38 bits per heavy atom. The summed E-state index contributed by atoms with van der Waals surface area (Å²) in [6.45, 7) is 1.90. The molecule has 1 aromatic heterocycles. The van der Waals surface area contributed by atoms with Gasteiger partial charge in [-0.05, 0) is 31.0 Å². The van der Waals surface area contributed by atoms with E-state index in [0.29, 0.717) is 36.7 Å². The van der Waals surface area contributed by atoms with Crippen LogP contribution in [0.1, 0.15) is 23.4 Å². The number of aromatic amines is 1. The van der Waals surface area contributed by atoms with Gasteiger partial charge in [-0.1, -0.05) is 23.7 Å². The summed E-state index contributed by atoms with van der Waals surface area (Å²) in [6, 6.07) is 7.43. The summed E-state index contributed by atoms with van der Waals surface area (Å²) in [5, 5.41) is 10.2. The number of hydrogen-bond donors (Lipinski definition) is 2. The predicted octanol–water partition coefficient (Wildman–Crippen LogP) is 2.07. The molecular weight excluding hydrogens is 330 g/mol. The van der Waals surface area contributed by atoms with Gasteiger partial charge in [0.2, 0.25) is 11.8 Å². The van der Waals surface area contributed by atoms with E-state index in [1.54, 1.807) is 18.0 Å². The Morgan fingerprint density at radius 3 is 2.79 bits per heavy atom. The molecule has 0 aliphatic carbocycles. The molecule has 24 heavy (non-hydrogen) atoms. The van der Waals surface area contributed by atoms with Gasteiger partial charge >= 0.3 is 0 Å².